The van der Waals surface area contributed by atoms with Crippen molar-refractivity contribution in [3.8, 4) is 17.2 Å². The summed E-state index contributed by atoms with van der Waals surface area (Å²) in [6.07, 6.45) is 0. The van der Waals surface area contributed by atoms with Gasteiger partial charge in [-0.3, -0.25) is 0 Å². The lowest BCUT2D eigenvalue weighted by Gasteiger charge is -2.10. The molecule has 0 aromatic heterocycles. The summed E-state index contributed by atoms with van der Waals surface area (Å²) in [7, 11) is 1.63. The molecule has 0 saturated carbocycles. The summed E-state index contributed by atoms with van der Waals surface area (Å²) in [5.41, 5.74) is 1.19. The van der Waals surface area contributed by atoms with Crippen molar-refractivity contribution in [3.05, 3.63) is 52.5 Å². The van der Waals surface area contributed by atoms with E-state index in [1.54, 1.807) is 7.11 Å². The maximum atomic E-state index is 5.66. The van der Waals surface area contributed by atoms with Crippen LogP contribution in [0.5, 0.6) is 17.2 Å². The third kappa shape index (κ3) is 6.12. The Morgan fingerprint density at radius 2 is 1.61 bits per heavy atom. The van der Waals surface area contributed by atoms with Crippen LogP contribution in [0.25, 0.3) is 0 Å². The number of methoxy groups -OCH3 is 1. The number of halogens is 1. The minimum Gasteiger partial charge on any atom is -0.497 e. The first-order valence-corrected chi connectivity index (χ1v) is 8.22. The lowest BCUT2D eigenvalue weighted by molar-refractivity contribution is 0.0762. The van der Waals surface area contributed by atoms with Gasteiger partial charge in [0.1, 0.15) is 30.5 Å². The van der Waals surface area contributed by atoms with Gasteiger partial charge in [0.2, 0.25) is 0 Å². The van der Waals surface area contributed by atoms with Crippen LogP contribution in [0.3, 0.4) is 0 Å². The lowest BCUT2D eigenvalue weighted by Crippen LogP contribution is -2.12. The summed E-state index contributed by atoms with van der Waals surface area (Å²) in [5.74, 6) is 2.38. The normalized spacial score (nSPS) is 10.4. The zero-order chi connectivity index (χ0) is 16.5. The van der Waals surface area contributed by atoms with Crippen LogP contribution >= 0.6 is 15.9 Å². The van der Waals surface area contributed by atoms with Gasteiger partial charge in [-0.25, -0.2) is 0 Å². The van der Waals surface area contributed by atoms with Crippen LogP contribution in [0.15, 0.2) is 46.9 Å². The molecule has 2 rings (SSSR count). The first-order chi connectivity index (χ1) is 11.2. The van der Waals surface area contributed by atoms with Gasteiger partial charge >= 0.3 is 0 Å². The van der Waals surface area contributed by atoms with Crippen molar-refractivity contribution < 1.29 is 18.9 Å². The average Bonchev–Trinajstić information content (AvgIpc) is 2.56. The van der Waals surface area contributed by atoms with Gasteiger partial charge in [-0.1, -0.05) is 12.1 Å². The molecule has 0 unspecified atom stereocenters. The fourth-order valence-corrected chi connectivity index (χ4v) is 2.55. The van der Waals surface area contributed by atoms with E-state index in [0.717, 1.165) is 21.7 Å². The fourth-order valence-electron chi connectivity index (χ4n) is 1.94. The Kier molecular flexibility index (Phi) is 7.23. The van der Waals surface area contributed by atoms with Crippen molar-refractivity contribution in [1.29, 1.82) is 0 Å². The quantitative estimate of drug-likeness (QED) is 0.609. The molecule has 0 N–H and O–H groups in total. The molecule has 4 nitrogen and oxygen atoms in total. The molecule has 0 amide bonds. The molecule has 0 aliphatic heterocycles. The Balaban J connectivity index is 1.59. The van der Waals surface area contributed by atoms with E-state index in [1.807, 2.05) is 49.4 Å². The van der Waals surface area contributed by atoms with Crippen molar-refractivity contribution in [2.24, 2.45) is 0 Å². The van der Waals surface area contributed by atoms with Crippen molar-refractivity contribution in [2.75, 3.05) is 33.5 Å². The zero-order valence-corrected chi connectivity index (χ0v) is 15.0. The van der Waals surface area contributed by atoms with E-state index in [0.29, 0.717) is 26.4 Å². The van der Waals surface area contributed by atoms with Gasteiger partial charge < -0.3 is 18.9 Å². The molecule has 23 heavy (non-hydrogen) atoms. The molecule has 124 valence electrons. The number of hydrogen-bond donors (Lipinski definition) is 0. The summed E-state index contributed by atoms with van der Waals surface area (Å²) in [6, 6.07) is 13.5. The maximum absolute atomic E-state index is 5.66. The molecule has 0 fully saturated rings. The molecule has 0 atom stereocenters. The number of hydrogen-bond acceptors (Lipinski definition) is 4. The van der Waals surface area contributed by atoms with Crippen molar-refractivity contribution in [1.82, 2.24) is 0 Å². The van der Waals surface area contributed by atoms with Gasteiger partial charge in [0, 0.05) is 6.07 Å². The van der Waals surface area contributed by atoms with E-state index in [1.165, 1.54) is 5.56 Å². The standard InChI is InChI=1S/C18H21BrO4/c1-14-6-7-18(17(19)12-14)23-11-9-21-8-10-22-16-5-3-4-15(13-16)20-2/h3-7,12-13H,8-11H2,1-2H3. The third-order valence-corrected chi connectivity index (χ3v) is 3.73. The molecule has 2 aromatic carbocycles. The van der Waals surface area contributed by atoms with Gasteiger partial charge in [-0.15, -0.1) is 0 Å². The molecule has 0 saturated heterocycles. The molecule has 2 aromatic rings. The monoisotopic (exact) mass is 380 g/mol. The molecule has 0 spiro atoms. The van der Waals surface area contributed by atoms with Gasteiger partial charge in [0.15, 0.2) is 0 Å². The highest BCUT2D eigenvalue weighted by Gasteiger charge is 2.01. The minimum atomic E-state index is 0.487. The number of benzene rings is 2. The second-order valence-corrected chi connectivity index (χ2v) is 5.78. The predicted octanol–water partition coefficient (Wildman–Crippen LogP) is 4.24. The van der Waals surface area contributed by atoms with Crippen LogP contribution < -0.4 is 14.2 Å². The van der Waals surface area contributed by atoms with Crippen LogP contribution in [-0.2, 0) is 4.74 Å². The SMILES string of the molecule is COc1cccc(OCCOCCOc2ccc(C)cc2Br)c1. The average molecular weight is 381 g/mol. The molecule has 0 bridgehead atoms. The topological polar surface area (TPSA) is 36.9 Å². The second kappa shape index (κ2) is 9.43. The Morgan fingerprint density at radius 3 is 2.35 bits per heavy atom. The molecule has 5 heteroatoms. The van der Waals surface area contributed by atoms with Crippen LogP contribution in [0.1, 0.15) is 5.56 Å². The van der Waals surface area contributed by atoms with E-state index in [9.17, 15) is 0 Å². The van der Waals surface area contributed by atoms with E-state index < -0.39 is 0 Å². The van der Waals surface area contributed by atoms with Crippen LogP contribution in [0.4, 0.5) is 0 Å². The molecule has 0 aliphatic carbocycles. The Hall–Kier alpha value is -1.72. The van der Waals surface area contributed by atoms with Gasteiger partial charge in [0.05, 0.1) is 24.8 Å². The second-order valence-electron chi connectivity index (χ2n) is 4.92. The molecule has 0 radical (unpaired) electrons. The Bertz CT molecular complexity index is 616. The van der Waals surface area contributed by atoms with Gasteiger partial charge in [-0.2, -0.15) is 0 Å². The number of rotatable bonds is 9. The predicted molar refractivity (Wildman–Crippen MR) is 93.7 cm³/mol. The zero-order valence-electron chi connectivity index (χ0n) is 13.4. The Morgan fingerprint density at radius 1 is 0.870 bits per heavy atom. The van der Waals surface area contributed by atoms with E-state index >= 15 is 0 Å². The highest BCUT2D eigenvalue weighted by molar-refractivity contribution is 9.10. The summed E-state index contributed by atoms with van der Waals surface area (Å²) in [5, 5.41) is 0. The maximum Gasteiger partial charge on any atom is 0.133 e. The molecule has 0 aliphatic rings. The highest BCUT2D eigenvalue weighted by Crippen LogP contribution is 2.25. The van der Waals surface area contributed by atoms with Crippen molar-refractivity contribution in [3.63, 3.8) is 0 Å². The van der Waals surface area contributed by atoms with Gasteiger partial charge in [0.25, 0.3) is 0 Å². The van der Waals surface area contributed by atoms with Gasteiger partial charge in [-0.05, 0) is 52.7 Å². The fraction of sp³-hybridized carbons (Fsp3) is 0.333. The summed E-state index contributed by atoms with van der Waals surface area (Å²) in [4.78, 5) is 0. The third-order valence-electron chi connectivity index (χ3n) is 3.11. The minimum absolute atomic E-state index is 0.487. The van der Waals surface area contributed by atoms with Crippen LogP contribution in [-0.4, -0.2) is 33.5 Å². The summed E-state index contributed by atoms with van der Waals surface area (Å²) < 4.78 is 22.8. The van der Waals surface area contributed by atoms with E-state index in [4.69, 9.17) is 18.9 Å². The van der Waals surface area contributed by atoms with Crippen LogP contribution in [0.2, 0.25) is 0 Å². The van der Waals surface area contributed by atoms with Crippen molar-refractivity contribution >= 4 is 15.9 Å². The first kappa shape index (κ1) is 17.6. The van der Waals surface area contributed by atoms with E-state index in [-0.39, 0.29) is 0 Å². The molecule has 0 heterocycles. The Labute approximate surface area is 145 Å². The molecular weight excluding hydrogens is 360 g/mol. The highest BCUT2D eigenvalue weighted by atomic mass is 79.9. The van der Waals surface area contributed by atoms with Crippen molar-refractivity contribution in [2.45, 2.75) is 6.92 Å². The largest absolute Gasteiger partial charge is 0.497 e. The molecular formula is C18H21BrO4. The smallest absolute Gasteiger partial charge is 0.133 e. The first-order valence-electron chi connectivity index (χ1n) is 7.42. The lowest BCUT2D eigenvalue weighted by atomic mass is 10.2. The number of ether oxygens (including phenoxy) is 4. The summed E-state index contributed by atoms with van der Waals surface area (Å²) in [6.45, 7) is 4.06. The number of aryl methyl sites for hydroxylation is 1. The van der Waals surface area contributed by atoms with Crippen LogP contribution in [0, 0.1) is 6.92 Å². The summed E-state index contributed by atoms with van der Waals surface area (Å²) >= 11 is 3.48. The van der Waals surface area contributed by atoms with E-state index in [2.05, 4.69) is 15.9 Å².